The summed E-state index contributed by atoms with van der Waals surface area (Å²) in [5, 5.41) is 21.7. The van der Waals surface area contributed by atoms with Crippen molar-refractivity contribution < 1.29 is 57.6 Å². The number of rotatable bonds is 31. The van der Waals surface area contributed by atoms with Crippen LogP contribution in [0.3, 0.4) is 0 Å². The van der Waals surface area contributed by atoms with Crippen LogP contribution in [0.4, 0.5) is 0 Å². The lowest BCUT2D eigenvalue weighted by atomic mass is 9.92. The Bertz CT molecular complexity index is 1400. The topological polar surface area (TPSA) is 133 Å². The minimum atomic E-state index is 0.0107. The maximum Gasteiger partial charge on any atom is 0.128 e. The number of fused-ring (bicyclic) bond motifs is 2. The minimum Gasteiger partial charge on any atom is -0.491 e. The van der Waals surface area contributed by atoms with Crippen molar-refractivity contribution in [3.8, 4) is 22.6 Å². The van der Waals surface area contributed by atoms with E-state index < -0.39 is 0 Å². The molecule has 0 unspecified atom stereocenters. The van der Waals surface area contributed by atoms with Crippen molar-refractivity contribution in [3.63, 3.8) is 0 Å². The molecule has 12 heteroatoms. The summed E-state index contributed by atoms with van der Waals surface area (Å²) in [7, 11) is 0. The summed E-state index contributed by atoms with van der Waals surface area (Å²) in [6, 6.07) is 24.8. The van der Waals surface area contributed by atoms with Gasteiger partial charge >= 0.3 is 0 Å². The van der Waals surface area contributed by atoms with Gasteiger partial charge in [-0.3, -0.25) is 0 Å². The lowest BCUT2D eigenvalue weighted by Gasteiger charge is -2.20. The van der Waals surface area contributed by atoms with E-state index in [1.807, 2.05) is 36.4 Å². The molecule has 4 rings (SSSR count). The van der Waals surface area contributed by atoms with Crippen LogP contribution in [0.1, 0.15) is 0 Å². The summed E-state index contributed by atoms with van der Waals surface area (Å²) < 4.78 is 56.7. The zero-order valence-corrected chi connectivity index (χ0v) is 30.0. The summed E-state index contributed by atoms with van der Waals surface area (Å²) in [6.45, 7) is 7.72. The average Bonchev–Trinajstić information content (AvgIpc) is 3.18. The number of aliphatic hydroxyl groups is 2. The second-order valence-corrected chi connectivity index (χ2v) is 11.4. The smallest absolute Gasteiger partial charge is 0.128 e. The molecule has 0 spiro atoms. The van der Waals surface area contributed by atoms with Crippen molar-refractivity contribution in [1.82, 2.24) is 0 Å². The highest BCUT2D eigenvalue weighted by Crippen LogP contribution is 2.45. The summed E-state index contributed by atoms with van der Waals surface area (Å²) in [6.07, 6.45) is 0. The molecule has 0 aliphatic heterocycles. The minimum absolute atomic E-state index is 0.0107. The van der Waals surface area contributed by atoms with Crippen LogP contribution in [-0.4, -0.2) is 142 Å². The predicted octanol–water partition coefficient (Wildman–Crippen LogP) is 4.54. The number of ether oxygens (including phenoxy) is 10. The van der Waals surface area contributed by atoms with Gasteiger partial charge in [0.05, 0.1) is 119 Å². The van der Waals surface area contributed by atoms with E-state index in [4.69, 9.17) is 57.6 Å². The predicted molar refractivity (Wildman–Crippen MR) is 199 cm³/mol. The molecule has 52 heavy (non-hydrogen) atoms. The van der Waals surface area contributed by atoms with Crippen LogP contribution in [-0.2, 0) is 37.9 Å². The zero-order chi connectivity index (χ0) is 36.3. The molecule has 0 saturated carbocycles. The third-order valence-corrected chi connectivity index (χ3v) is 7.71. The van der Waals surface area contributed by atoms with Crippen LogP contribution >= 0.6 is 0 Å². The molecular formula is C40H54O12. The van der Waals surface area contributed by atoms with E-state index in [1.165, 1.54) is 0 Å². The molecule has 0 radical (unpaired) electrons. The molecule has 0 atom stereocenters. The van der Waals surface area contributed by atoms with Crippen LogP contribution < -0.4 is 9.47 Å². The quantitative estimate of drug-likeness (QED) is 0.0707. The second-order valence-electron chi connectivity index (χ2n) is 11.4. The zero-order valence-electron chi connectivity index (χ0n) is 30.0. The Morgan fingerprint density at radius 2 is 0.596 bits per heavy atom. The standard InChI is InChI=1S/C40H54O12/c41-13-15-43-17-19-45-21-23-47-25-27-49-29-31-51-37-11-9-33-5-1-3-7-35(33)39(37)40-36-8-4-2-6-34(36)10-12-38(40)52-32-30-50-28-26-48-24-22-46-20-18-44-16-14-42/h1-12,41-42H,13-32H2. The maximum atomic E-state index is 8.71. The van der Waals surface area contributed by atoms with Gasteiger partial charge in [-0.2, -0.15) is 0 Å². The first-order valence-corrected chi connectivity index (χ1v) is 18.0. The van der Waals surface area contributed by atoms with E-state index >= 15 is 0 Å². The fourth-order valence-electron chi connectivity index (χ4n) is 5.33. The largest absolute Gasteiger partial charge is 0.491 e. The van der Waals surface area contributed by atoms with E-state index in [0.717, 1.165) is 44.2 Å². The molecule has 0 bridgehead atoms. The molecule has 0 aliphatic carbocycles. The summed E-state index contributed by atoms with van der Waals surface area (Å²) in [5.41, 5.74) is 1.93. The van der Waals surface area contributed by atoms with Crippen molar-refractivity contribution in [2.75, 3.05) is 132 Å². The molecule has 0 fully saturated rings. The van der Waals surface area contributed by atoms with Gasteiger partial charge in [-0.15, -0.1) is 0 Å². The first-order valence-electron chi connectivity index (χ1n) is 18.0. The van der Waals surface area contributed by atoms with E-state index in [-0.39, 0.29) is 13.2 Å². The lowest BCUT2D eigenvalue weighted by Crippen LogP contribution is -2.14. The third kappa shape index (κ3) is 14.9. The molecular weight excluding hydrogens is 672 g/mol. The van der Waals surface area contributed by atoms with Crippen molar-refractivity contribution in [2.45, 2.75) is 0 Å². The highest BCUT2D eigenvalue weighted by atomic mass is 16.6. The molecule has 12 nitrogen and oxygen atoms in total. The van der Waals surface area contributed by atoms with Gasteiger partial charge in [0.1, 0.15) is 24.7 Å². The molecule has 0 aromatic heterocycles. The summed E-state index contributed by atoms with van der Waals surface area (Å²) in [5.74, 6) is 1.49. The highest BCUT2D eigenvalue weighted by Gasteiger charge is 2.19. The van der Waals surface area contributed by atoms with Gasteiger partial charge in [-0.1, -0.05) is 60.7 Å². The Morgan fingerprint density at radius 1 is 0.308 bits per heavy atom. The van der Waals surface area contributed by atoms with Gasteiger partial charge in [0.25, 0.3) is 0 Å². The van der Waals surface area contributed by atoms with Crippen LogP contribution in [0, 0.1) is 0 Å². The first kappa shape index (κ1) is 41.4. The average molecular weight is 727 g/mol. The van der Waals surface area contributed by atoms with Crippen LogP contribution in [0.2, 0.25) is 0 Å². The number of aliphatic hydroxyl groups excluding tert-OH is 2. The van der Waals surface area contributed by atoms with E-state index in [1.54, 1.807) is 0 Å². The van der Waals surface area contributed by atoms with Gasteiger partial charge in [0.15, 0.2) is 0 Å². The van der Waals surface area contributed by atoms with Gasteiger partial charge in [0.2, 0.25) is 0 Å². The van der Waals surface area contributed by atoms with Gasteiger partial charge in [-0.25, -0.2) is 0 Å². The van der Waals surface area contributed by atoms with Crippen LogP contribution in [0.5, 0.6) is 11.5 Å². The fraction of sp³-hybridized carbons (Fsp3) is 0.500. The van der Waals surface area contributed by atoms with Crippen molar-refractivity contribution in [2.24, 2.45) is 0 Å². The third-order valence-electron chi connectivity index (χ3n) is 7.71. The maximum absolute atomic E-state index is 8.71. The Balaban J connectivity index is 1.28. The van der Waals surface area contributed by atoms with E-state index in [0.29, 0.717) is 119 Å². The Morgan fingerprint density at radius 3 is 0.923 bits per heavy atom. The Kier molecular flexibility index (Phi) is 21.0. The van der Waals surface area contributed by atoms with Gasteiger partial charge < -0.3 is 57.6 Å². The Hall–Kier alpha value is -3.40. The first-order chi connectivity index (χ1) is 25.8. The second kappa shape index (κ2) is 26.4. The SMILES string of the molecule is OCCOCCOCCOCCOCCOc1ccc2ccccc2c1-c1c(OCCOCCOCCOCCOCCO)ccc2ccccc12. The van der Waals surface area contributed by atoms with Crippen LogP contribution in [0.15, 0.2) is 72.8 Å². The van der Waals surface area contributed by atoms with Gasteiger partial charge in [0, 0.05) is 11.1 Å². The number of hydrogen-bond donors (Lipinski definition) is 2. The van der Waals surface area contributed by atoms with Crippen molar-refractivity contribution >= 4 is 21.5 Å². The van der Waals surface area contributed by atoms with Crippen LogP contribution in [0.25, 0.3) is 32.7 Å². The molecule has 0 heterocycles. The normalized spacial score (nSPS) is 11.5. The lowest BCUT2D eigenvalue weighted by molar-refractivity contribution is -0.00781. The molecule has 4 aromatic carbocycles. The molecule has 4 aromatic rings. The molecule has 0 amide bonds. The fourth-order valence-corrected chi connectivity index (χ4v) is 5.33. The van der Waals surface area contributed by atoms with Gasteiger partial charge in [-0.05, 0) is 33.7 Å². The molecule has 2 N–H and O–H groups in total. The number of hydrogen-bond acceptors (Lipinski definition) is 12. The van der Waals surface area contributed by atoms with E-state index in [2.05, 4.69) is 36.4 Å². The summed E-state index contributed by atoms with van der Waals surface area (Å²) >= 11 is 0. The van der Waals surface area contributed by atoms with Crippen molar-refractivity contribution in [3.05, 3.63) is 72.8 Å². The molecule has 286 valence electrons. The molecule has 0 aliphatic rings. The highest BCUT2D eigenvalue weighted by molar-refractivity contribution is 6.09. The monoisotopic (exact) mass is 726 g/mol. The molecule has 0 saturated heterocycles. The van der Waals surface area contributed by atoms with E-state index in [9.17, 15) is 0 Å². The summed E-state index contributed by atoms with van der Waals surface area (Å²) in [4.78, 5) is 0. The van der Waals surface area contributed by atoms with Crippen molar-refractivity contribution in [1.29, 1.82) is 0 Å². The number of benzene rings is 4. The Labute approximate surface area is 306 Å².